The average Bonchev–Trinajstić information content (AvgIpc) is 3.04. The highest BCUT2D eigenvalue weighted by Gasteiger charge is 2.39. The van der Waals surface area contributed by atoms with Gasteiger partial charge in [-0.15, -0.1) is 0 Å². The van der Waals surface area contributed by atoms with Gasteiger partial charge in [-0.3, -0.25) is 4.79 Å². The van der Waals surface area contributed by atoms with E-state index < -0.39 is 48.7 Å². The SMILES string of the molecule is CC(C(=O)OCC(O)C1OCC(O)C1O)c1ccc(-c2ccccc2)c(F)c1. The molecule has 0 bridgehead atoms. The molecule has 1 aliphatic rings. The zero-order valence-electron chi connectivity index (χ0n) is 15.4. The lowest BCUT2D eigenvalue weighted by Crippen LogP contribution is -2.41. The van der Waals surface area contributed by atoms with Crippen molar-refractivity contribution in [3.8, 4) is 11.1 Å². The maximum Gasteiger partial charge on any atom is 0.313 e. The number of aliphatic hydroxyl groups excluding tert-OH is 3. The summed E-state index contributed by atoms with van der Waals surface area (Å²) in [5, 5.41) is 29.2. The molecular weight excluding hydrogens is 367 g/mol. The molecular formula is C21H23FO6. The van der Waals surface area contributed by atoms with Gasteiger partial charge in [-0.2, -0.15) is 0 Å². The highest BCUT2D eigenvalue weighted by Crippen LogP contribution is 2.27. The summed E-state index contributed by atoms with van der Waals surface area (Å²) in [7, 11) is 0. The second-order valence-corrected chi connectivity index (χ2v) is 6.88. The van der Waals surface area contributed by atoms with Gasteiger partial charge in [0.2, 0.25) is 0 Å². The first-order valence-corrected chi connectivity index (χ1v) is 9.05. The van der Waals surface area contributed by atoms with Crippen molar-refractivity contribution in [1.29, 1.82) is 0 Å². The third kappa shape index (κ3) is 4.39. The molecule has 6 nitrogen and oxygen atoms in total. The third-order valence-electron chi connectivity index (χ3n) is 4.90. The molecule has 0 saturated carbocycles. The van der Waals surface area contributed by atoms with E-state index in [1.165, 1.54) is 6.07 Å². The Morgan fingerprint density at radius 3 is 2.57 bits per heavy atom. The van der Waals surface area contributed by atoms with Gasteiger partial charge in [0.15, 0.2) is 0 Å². The fourth-order valence-electron chi connectivity index (χ4n) is 3.14. The van der Waals surface area contributed by atoms with Crippen LogP contribution in [0.3, 0.4) is 0 Å². The van der Waals surface area contributed by atoms with Crippen molar-refractivity contribution < 1.29 is 34.0 Å². The molecule has 0 aliphatic carbocycles. The lowest BCUT2D eigenvalue weighted by atomic mass is 9.97. The van der Waals surface area contributed by atoms with Crippen molar-refractivity contribution in [1.82, 2.24) is 0 Å². The zero-order valence-corrected chi connectivity index (χ0v) is 15.4. The average molecular weight is 390 g/mol. The summed E-state index contributed by atoms with van der Waals surface area (Å²) in [5.41, 5.74) is 1.62. The molecule has 5 atom stereocenters. The Balaban J connectivity index is 1.61. The van der Waals surface area contributed by atoms with Crippen molar-refractivity contribution in [3.05, 3.63) is 59.9 Å². The molecule has 3 rings (SSSR count). The number of carbonyl (C=O) groups excluding carboxylic acids is 1. The van der Waals surface area contributed by atoms with Crippen LogP contribution < -0.4 is 0 Å². The minimum Gasteiger partial charge on any atom is -0.462 e. The minimum atomic E-state index is -1.28. The van der Waals surface area contributed by atoms with Crippen molar-refractivity contribution in [2.75, 3.05) is 13.2 Å². The van der Waals surface area contributed by atoms with Gasteiger partial charge in [0.05, 0.1) is 12.5 Å². The first-order chi connectivity index (χ1) is 13.4. The summed E-state index contributed by atoms with van der Waals surface area (Å²) in [6.45, 7) is 1.08. The second-order valence-electron chi connectivity index (χ2n) is 6.88. The molecule has 0 radical (unpaired) electrons. The molecule has 2 aromatic rings. The Morgan fingerprint density at radius 1 is 1.25 bits per heavy atom. The Labute approximate surface area is 162 Å². The molecule has 1 aliphatic heterocycles. The van der Waals surface area contributed by atoms with Crippen molar-refractivity contribution >= 4 is 5.97 Å². The van der Waals surface area contributed by atoms with E-state index in [9.17, 15) is 24.5 Å². The molecule has 3 N–H and O–H groups in total. The lowest BCUT2D eigenvalue weighted by Gasteiger charge is -2.21. The van der Waals surface area contributed by atoms with Crippen LogP contribution in [0.2, 0.25) is 0 Å². The largest absolute Gasteiger partial charge is 0.462 e. The Morgan fingerprint density at radius 2 is 1.96 bits per heavy atom. The Bertz CT molecular complexity index is 812. The highest BCUT2D eigenvalue weighted by atomic mass is 19.1. The number of benzene rings is 2. The smallest absolute Gasteiger partial charge is 0.313 e. The normalized spacial score (nSPS) is 24.0. The standard InChI is InChI=1S/C21H23FO6/c1-12(21(26)28-11-18(24)20-19(25)17(23)10-27-20)14-7-8-15(16(22)9-14)13-5-3-2-4-6-13/h2-9,12,17-20,23-25H,10-11H2,1H3. The first-order valence-electron chi connectivity index (χ1n) is 9.05. The van der Waals surface area contributed by atoms with E-state index in [-0.39, 0.29) is 6.61 Å². The van der Waals surface area contributed by atoms with E-state index in [0.717, 1.165) is 5.56 Å². The number of rotatable bonds is 6. The van der Waals surface area contributed by atoms with Crippen LogP contribution in [0.25, 0.3) is 11.1 Å². The van der Waals surface area contributed by atoms with Crippen LogP contribution >= 0.6 is 0 Å². The van der Waals surface area contributed by atoms with Gasteiger partial charge in [-0.05, 0) is 24.1 Å². The van der Waals surface area contributed by atoms with E-state index >= 15 is 0 Å². The summed E-state index contributed by atoms with van der Waals surface area (Å²) < 4.78 is 24.7. The number of halogens is 1. The van der Waals surface area contributed by atoms with Crippen molar-refractivity contribution in [2.45, 2.75) is 37.3 Å². The second kappa shape index (κ2) is 8.79. The Kier molecular flexibility index (Phi) is 6.41. The van der Waals surface area contributed by atoms with Gasteiger partial charge in [0.25, 0.3) is 0 Å². The topological polar surface area (TPSA) is 96.2 Å². The highest BCUT2D eigenvalue weighted by molar-refractivity contribution is 5.78. The van der Waals surface area contributed by atoms with Crippen LogP contribution in [-0.2, 0) is 14.3 Å². The van der Waals surface area contributed by atoms with Crippen LogP contribution in [0.15, 0.2) is 48.5 Å². The molecule has 7 heteroatoms. The van der Waals surface area contributed by atoms with Crippen molar-refractivity contribution in [2.24, 2.45) is 0 Å². The molecule has 1 saturated heterocycles. The van der Waals surface area contributed by atoms with E-state index in [0.29, 0.717) is 11.1 Å². The van der Waals surface area contributed by atoms with E-state index in [1.807, 2.05) is 18.2 Å². The summed E-state index contributed by atoms with van der Waals surface area (Å²) in [6, 6.07) is 13.7. The van der Waals surface area contributed by atoms with Crippen LogP contribution in [0.1, 0.15) is 18.4 Å². The summed E-state index contributed by atoms with van der Waals surface area (Å²) in [6.07, 6.45) is -4.63. The van der Waals surface area contributed by atoms with E-state index in [1.54, 1.807) is 31.2 Å². The van der Waals surface area contributed by atoms with Crippen LogP contribution in [0, 0.1) is 5.82 Å². The monoisotopic (exact) mass is 390 g/mol. The number of carbonyl (C=O) groups is 1. The fourth-order valence-corrected chi connectivity index (χ4v) is 3.14. The summed E-state index contributed by atoms with van der Waals surface area (Å²) in [5.74, 6) is -1.83. The number of ether oxygens (including phenoxy) is 2. The van der Waals surface area contributed by atoms with Gasteiger partial charge in [0, 0.05) is 5.56 Å². The number of esters is 1. The number of hydrogen-bond donors (Lipinski definition) is 3. The Hall–Kier alpha value is -2.32. The van der Waals surface area contributed by atoms with Gasteiger partial charge in [-0.1, -0.05) is 42.5 Å². The number of hydrogen-bond acceptors (Lipinski definition) is 6. The first kappa shape index (κ1) is 20.4. The molecule has 2 aromatic carbocycles. The summed E-state index contributed by atoms with van der Waals surface area (Å²) >= 11 is 0. The van der Waals surface area contributed by atoms with Gasteiger partial charge < -0.3 is 24.8 Å². The molecule has 150 valence electrons. The van der Waals surface area contributed by atoms with Crippen LogP contribution in [0.4, 0.5) is 4.39 Å². The van der Waals surface area contributed by atoms with Gasteiger partial charge in [0.1, 0.15) is 36.8 Å². The maximum absolute atomic E-state index is 14.5. The zero-order chi connectivity index (χ0) is 20.3. The van der Waals surface area contributed by atoms with Gasteiger partial charge in [-0.25, -0.2) is 4.39 Å². The predicted molar refractivity (Wildman–Crippen MR) is 99.0 cm³/mol. The van der Waals surface area contributed by atoms with Gasteiger partial charge >= 0.3 is 5.97 Å². The molecule has 0 spiro atoms. The van der Waals surface area contributed by atoms with Crippen LogP contribution in [-0.4, -0.2) is 58.9 Å². The molecule has 1 heterocycles. The van der Waals surface area contributed by atoms with Crippen LogP contribution in [0.5, 0.6) is 0 Å². The summed E-state index contributed by atoms with van der Waals surface area (Å²) in [4.78, 5) is 12.3. The predicted octanol–water partition coefficient (Wildman–Crippen LogP) is 1.62. The molecule has 1 fully saturated rings. The quantitative estimate of drug-likeness (QED) is 0.649. The molecule has 0 amide bonds. The van der Waals surface area contributed by atoms with E-state index in [4.69, 9.17) is 9.47 Å². The third-order valence-corrected chi connectivity index (χ3v) is 4.90. The molecule has 28 heavy (non-hydrogen) atoms. The van der Waals surface area contributed by atoms with Crippen molar-refractivity contribution in [3.63, 3.8) is 0 Å². The minimum absolute atomic E-state index is 0.0969. The van der Waals surface area contributed by atoms with E-state index in [2.05, 4.69) is 0 Å². The number of aliphatic hydroxyl groups is 3. The molecule has 5 unspecified atom stereocenters. The lowest BCUT2D eigenvalue weighted by molar-refractivity contribution is -0.152. The maximum atomic E-state index is 14.5. The fraction of sp³-hybridized carbons (Fsp3) is 0.381. The molecule has 0 aromatic heterocycles.